The minimum Gasteiger partial charge on any atom is -0.360 e. The number of halogens is 1. The van der Waals surface area contributed by atoms with E-state index in [1.165, 1.54) is 0 Å². The number of aromatic nitrogens is 1. The highest BCUT2D eigenvalue weighted by molar-refractivity contribution is 9.10. The van der Waals surface area contributed by atoms with Crippen molar-refractivity contribution in [2.75, 3.05) is 17.6 Å². The Morgan fingerprint density at radius 1 is 1.24 bits per heavy atom. The Bertz CT molecular complexity index is 692. The number of ether oxygens (including phenoxy) is 1. The number of hydrogen-bond acceptors (Lipinski definition) is 4. The van der Waals surface area contributed by atoms with Crippen molar-refractivity contribution in [1.29, 1.82) is 0 Å². The van der Waals surface area contributed by atoms with Crippen LogP contribution in [0, 0.1) is 0 Å². The highest BCUT2D eigenvalue weighted by atomic mass is 79.9. The normalized spacial score (nSPS) is 11.3. The SMILES string of the molecule is CCOCN(c1ccccn1)S(=O)(=O)c1cccc(Br)c1. The second-order valence-corrected chi connectivity index (χ2v) is 6.90. The van der Waals surface area contributed by atoms with Crippen LogP contribution in [0.3, 0.4) is 0 Å². The van der Waals surface area contributed by atoms with Gasteiger partial charge in [-0.25, -0.2) is 17.7 Å². The minimum absolute atomic E-state index is 0.0810. The lowest BCUT2D eigenvalue weighted by Crippen LogP contribution is -2.34. The van der Waals surface area contributed by atoms with Gasteiger partial charge >= 0.3 is 0 Å². The molecule has 0 unspecified atom stereocenters. The topological polar surface area (TPSA) is 59.5 Å². The zero-order valence-electron chi connectivity index (χ0n) is 11.4. The number of sulfonamides is 1. The van der Waals surface area contributed by atoms with Crippen LogP contribution in [0.2, 0.25) is 0 Å². The predicted molar refractivity (Wildman–Crippen MR) is 84.5 cm³/mol. The van der Waals surface area contributed by atoms with Gasteiger partial charge in [-0.3, -0.25) is 0 Å². The van der Waals surface area contributed by atoms with Crippen LogP contribution in [0.5, 0.6) is 0 Å². The van der Waals surface area contributed by atoms with E-state index < -0.39 is 10.0 Å². The molecule has 2 rings (SSSR count). The van der Waals surface area contributed by atoms with E-state index in [2.05, 4.69) is 20.9 Å². The Morgan fingerprint density at radius 3 is 2.67 bits per heavy atom. The molecule has 0 atom stereocenters. The van der Waals surface area contributed by atoms with Crippen molar-refractivity contribution in [3.05, 3.63) is 53.1 Å². The number of benzene rings is 1. The van der Waals surface area contributed by atoms with E-state index in [0.29, 0.717) is 16.9 Å². The van der Waals surface area contributed by atoms with E-state index in [9.17, 15) is 8.42 Å². The van der Waals surface area contributed by atoms with Gasteiger partial charge in [-0.05, 0) is 37.3 Å². The zero-order valence-corrected chi connectivity index (χ0v) is 13.8. The van der Waals surface area contributed by atoms with Crippen LogP contribution < -0.4 is 4.31 Å². The van der Waals surface area contributed by atoms with Gasteiger partial charge in [0, 0.05) is 17.3 Å². The van der Waals surface area contributed by atoms with Gasteiger partial charge in [0.25, 0.3) is 10.0 Å². The molecule has 1 aromatic heterocycles. The van der Waals surface area contributed by atoms with E-state index in [1.54, 1.807) is 48.7 Å². The summed E-state index contributed by atoms with van der Waals surface area (Å²) in [5.74, 6) is 0.325. The van der Waals surface area contributed by atoms with E-state index in [4.69, 9.17) is 4.74 Å². The molecule has 0 aliphatic heterocycles. The molecule has 0 bridgehead atoms. The van der Waals surface area contributed by atoms with Crippen molar-refractivity contribution in [3.8, 4) is 0 Å². The Balaban J connectivity index is 2.44. The van der Waals surface area contributed by atoms with Gasteiger partial charge in [-0.15, -0.1) is 0 Å². The number of pyridine rings is 1. The third kappa shape index (κ3) is 3.81. The van der Waals surface area contributed by atoms with Crippen LogP contribution in [-0.2, 0) is 14.8 Å². The minimum atomic E-state index is -3.73. The Hall–Kier alpha value is -1.44. The molecule has 0 fully saturated rings. The maximum Gasteiger partial charge on any atom is 0.267 e. The number of rotatable bonds is 6. The van der Waals surface area contributed by atoms with E-state index in [1.807, 2.05) is 6.92 Å². The molecule has 0 radical (unpaired) electrons. The summed E-state index contributed by atoms with van der Waals surface area (Å²) in [6.07, 6.45) is 1.55. The van der Waals surface area contributed by atoms with Crippen LogP contribution in [0.4, 0.5) is 5.82 Å². The molecule has 0 saturated heterocycles. The summed E-state index contributed by atoms with van der Waals surface area (Å²) in [4.78, 5) is 4.28. The van der Waals surface area contributed by atoms with Crippen LogP contribution >= 0.6 is 15.9 Å². The molecule has 0 N–H and O–H groups in total. The van der Waals surface area contributed by atoms with Gasteiger partial charge in [0.05, 0.1) is 4.90 Å². The van der Waals surface area contributed by atoms with Crippen LogP contribution in [0.15, 0.2) is 58.0 Å². The van der Waals surface area contributed by atoms with Gasteiger partial charge in [0.2, 0.25) is 0 Å². The summed E-state index contributed by atoms with van der Waals surface area (Å²) in [7, 11) is -3.73. The number of anilines is 1. The second kappa shape index (κ2) is 7.02. The van der Waals surface area contributed by atoms with Crippen molar-refractivity contribution in [1.82, 2.24) is 4.98 Å². The van der Waals surface area contributed by atoms with Crippen LogP contribution in [-0.4, -0.2) is 26.7 Å². The molecule has 0 aliphatic rings. The van der Waals surface area contributed by atoms with Gasteiger partial charge in [-0.1, -0.05) is 28.1 Å². The van der Waals surface area contributed by atoms with Crippen molar-refractivity contribution in [2.24, 2.45) is 0 Å². The maximum absolute atomic E-state index is 12.8. The Kier molecular flexibility index (Phi) is 5.33. The lowest BCUT2D eigenvalue weighted by atomic mass is 10.4. The summed E-state index contributed by atoms with van der Waals surface area (Å²) < 4.78 is 32.7. The highest BCUT2D eigenvalue weighted by Crippen LogP contribution is 2.23. The number of hydrogen-bond donors (Lipinski definition) is 0. The van der Waals surface area contributed by atoms with E-state index in [0.717, 1.165) is 4.31 Å². The standard InChI is InChI=1S/C14H15BrN2O3S/c1-2-20-11-17(14-8-3-4-9-16-14)21(18,19)13-7-5-6-12(15)10-13/h3-10H,2,11H2,1H3. The number of nitrogens with zero attached hydrogens (tertiary/aromatic N) is 2. The molecular weight excluding hydrogens is 356 g/mol. The monoisotopic (exact) mass is 370 g/mol. The van der Waals surface area contributed by atoms with Gasteiger partial charge in [0.15, 0.2) is 0 Å². The largest absolute Gasteiger partial charge is 0.360 e. The van der Waals surface area contributed by atoms with Crippen molar-refractivity contribution >= 4 is 31.8 Å². The second-order valence-electron chi connectivity index (χ2n) is 4.12. The highest BCUT2D eigenvalue weighted by Gasteiger charge is 2.26. The van der Waals surface area contributed by atoms with Crippen molar-refractivity contribution in [3.63, 3.8) is 0 Å². The van der Waals surface area contributed by atoms with Crippen LogP contribution in [0.1, 0.15) is 6.92 Å². The third-order valence-electron chi connectivity index (χ3n) is 2.70. The zero-order chi connectivity index (χ0) is 15.3. The molecule has 0 amide bonds. The summed E-state index contributed by atoms with van der Waals surface area (Å²) in [5.41, 5.74) is 0. The fourth-order valence-corrected chi connectivity index (χ4v) is 3.59. The van der Waals surface area contributed by atoms with E-state index >= 15 is 0 Å². The molecule has 0 saturated carbocycles. The van der Waals surface area contributed by atoms with Crippen LogP contribution in [0.25, 0.3) is 0 Å². The quantitative estimate of drug-likeness (QED) is 0.733. The first-order valence-corrected chi connectivity index (χ1v) is 8.56. The lowest BCUT2D eigenvalue weighted by molar-refractivity contribution is 0.157. The third-order valence-corrected chi connectivity index (χ3v) is 4.92. The van der Waals surface area contributed by atoms with Gasteiger partial charge < -0.3 is 4.74 Å². The molecule has 1 aromatic carbocycles. The molecule has 7 heteroatoms. The average molecular weight is 371 g/mol. The van der Waals surface area contributed by atoms with Crippen molar-refractivity contribution in [2.45, 2.75) is 11.8 Å². The fourth-order valence-electron chi connectivity index (χ4n) is 1.69. The fraction of sp³-hybridized carbons (Fsp3) is 0.214. The van der Waals surface area contributed by atoms with Gasteiger partial charge in [0.1, 0.15) is 12.5 Å². The summed E-state index contributed by atoms with van der Waals surface area (Å²) in [5, 5.41) is 0. The summed E-state index contributed by atoms with van der Waals surface area (Å²) >= 11 is 3.28. The molecule has 112 valence electrons. The molecular formula is C14H15BrN2O3S. The first-order chi connectivity index (χ1) is 10.1. The predicted octanol–water partition coefficient (Wildman–Crippen LogP) is 3.03. The van der Waals surface area contributed by atoms with E-state index in [-0.39, 0.29) is 11.6 Å². The summed E-state index contributed by atoms with van der Waals surface area (Å²) in [6.45, 7) is 2.14. The van der Waals surface area contributed by atoms with Gasteiger partial charge in [-0.2, -0.15) is 0 Å². The maximum atomic E-state index is 12.8. The molecule has 21 heavy (non-hydrogen) atoms. The lowest BCUT2D eigenvalue weighted by Gasteiger charge is -2.23. The average Bonchev–Trinajstić information content (AvgIpc) is 2.48. The molecule has 5 nitrogen and oxygen atoms in total. The first-order valence-electron chi connectivity index (χ1n) is 6.33. The first kappa shape index (κ1) is 15.9. The molecule has 0 aliphatic carbocycles. The Morgan fingerprint density at radius 2 is 2.05 bits per heavy atom. The Labute approximate surface area is 132 Å². The van der Waals surface area contributed by atoms with Crippen molar-refractivity contribution < 1.29 is 13.2 Å². The summed E-state index contributed by atoms with van der Waals surface area (Å²) in [6, 6.07) is 11.6. The molecule has 2 aromatic rings. The molecule has 0 spiro atoms. The smallest absolute Gasteiger partial charge is 0.267 e. The molecule has 1 heterocycles.